The summed E-state index contributed by atoms with van der Waals surface area (Å²) in [6, 6.07) is 9.86. The molecule has 0 unspecified atom stereocenters. The zero-order valence-corrected chi connectivity index (χ0v) is 15.5. The van der Waals surface area contributed by atoms with Crippen molar-refractivity contribution in [2.75, 3.05) is 40.4 Å². The van der Waals surface area contributed by atoms with E-state index in [1.54, 1.807) is 14.2 Å². The number of halogens is 1. The Morgan fingerprint density at radius 1 is 0.960 bits per heavy atom. The quantitative estimate of drug-likeness (QED) is 0.739. The Hall–Kier alpha value is -1.82. The molecule has 0 bridgehead atoms. The molecule has 0 radical (unpaired) electrons. The minimum Gasteiger partial charge on any atom is -0.497 e. The van der Waals surface area contributed by atoms with Crippen molar-refractivity contribution in [3.63, 3.8) is 0 Å². The van der Waals surface area contributed by atoms with Crippen LogP contribution in [0.3, 0.4) is 0 Å². The second-order valence-corrected chi connectivity index (χ2v) is 6.61. The van der Waals surface area contributed by atoms with Gasteiger partial charge in [0, 0.05) is 51.0 Å². The van der Waals surface area contributed by atoms with Gasteiger partial charge in [0.2, 0.25) is 0 Å². The molecule has 6 heteroatoms. The molecule has 5 nitrogen and oxygen atoms in total. The number of piperazine rings is 1. The van der Waals surface area contributed by atoms with E-state index < -0.39 is 0 Å². The van der Waals surface area contributed by atoms with Gasteiger partial charge in [-0.2, -0.15) is 0 Å². The van der Waals surface area contributed by atoms with Crippen LogP contribution in [0.15, 0.2) is 36.5 Å². The van der Waals surface area contributed by atoms with Gasteiger partial charge in [0.25, 0.3) is 0 Å². The highest BCUT2D eigenvalue weighted by Gasteiger charge is 2.18. The highest BCUT2D eigenvalue weighted by Crippen LogP contribution is 2.25. The van der Waals surface area contributed by atoms with Crippen LogP contribution in [-0.2, 0) is 13.1 Å². The number of methoxy groups -OCH3 is 2. The molecule has 2 aromatic rings. The lowest BCUT2D eigenvalue weighted by Crippen LogP contribution is -2.45. The fraction of sp³-hybridized carbons (Fsp3) is 0.421. The van der Waals surface area contributed by atoms with E-state index in [9.17, 15) is 0 Å². The molecule has 1 aliphatic rings. The van der Waals surface area contributed by atoms with E-state index in [0.29, 0.717) is 5.15 Å². The van der Waals surface area contributed by atoms with Gasteiger partial charge >= 0.3 is 0 Å². The van der Waals surface area contributed by atoms with Gasteiger partial charge in [-0.05, 0) is 29.8 Å². The Balaban J connectivity index is 1.55. The Morgan fingerprint density at radius 3 is 2.28 bits per heavy atom. The molecule has 0 atom stereocenters. The maximum atomic E-state index is 5.85. The molecule has 0 amide bonds. The minimum absolute atomic E-state index is 0.542. The first kappa shape index (κ1) is 18.0. The molecule has 0 aliphatic carbocycles. The molecule has 1 aromatic heterocycles. The van der Waals surface area contributed by atoms with E-state index in [-0.39, 0.29) is 0 Å². The molecule has 1 aliphatic heterocycles. The summed E-state index contributed by atoms with van der Waals surface area (Å²) in [6.45, 7) is 5.92. The molecule has 1 fully saturated rings. The van der Waals surface area contributed by atoms with Crippen molar-refractivity contribution in [1.29, 1.82) is 0 Å². The summed E-state index contributed by atoms with van der Waals surface area (Å²) in [5.41, 5.74) is 2.37. The van der Waals surface area contributed by atoms with Gasteiger partial charge < -0.3 is 9.47 Å². The van der Waals surface area contributed by atoms with Gasteiger partial charge in [-0.25, -0.2) is 4.98 Å². The first-order chi connectivity index (χ1) is 12.2. The van der Waals surface area contributed by atoms with Crippen molar-refractivity contribution < 1.29 is 9.47 Å². The molecule has 1 aromatic carbocycles. The van der Waals surface area contributed by atoms with Crippen LogP contribution in [0.4, 0.5) is 0 Å². The highest BCUT2D eigenvalue weighted by molar-refractivity contribution is 6.29. The summed E-state index contributed by atoms with van der Waals surface area (Å²) in [5.74, 6) is 1.78. The maximum Gasteiger partial charge on any atom is 0.129 e. The minimum atomic E-state index is 0.542. The predicted octanol–water partition coefficient (Wildman–Crippen LogP) is 3.07. The molecular weight excluding hydrogens is 338 g/mol. The zero-order valence-electron chi connectivity index (χ0n) is 14.7. The van der Waals surface area contributed by atoms with Gasteiger partial charge in [0.15, 0.2) is 0 Å². The summed E-state index contributed by atoms with van der Waals surface area (Å²) >= 11 is 5.85. The van der Waals surface area contributed by atoms with E-state index in [1.165, 1.54) is 5.56 Å². The highest BCUT2D eigenvalue weighted by atomic mass is 35.5. The fourth-order valence-corrected chi connectivity index (χ4v) is 3.22. The van der Waals surface area contributed by atoms with Crippen LogP contribution < -0.4 is 9.47 Å². The number of pyridine rings is 1. The van der Waals surface area contributed by atoms with Crippen LogP contribution >= 0.6 is 11.6 Å². The normalized spacial score (nSPS) is 16.0. The summed E-state index contributed by atoms with van der Waals surface area (Å²) in [5, 5.41) is 0.542. The number of hydrogen-bond acceptors (Lipinski definition) is 5. The molecule has 0 spiro atoms. The summed E-state index contributed by atoms with van der Waals surface area (Å²) < 4.78 is 10.8. The Morgan fingerprint density at radius 2 is 1.68 bits per heavy atom. The van der Waals surface area contributed by atoms with Crippen molar-refractivity contribution in [1.82, 2.24) is 14.8 Å². The second-order valence-electron chi connectivity index (χ2n) is 6.22. The van der Waals surface area contributed by atoms with E-state index >= 15 is 0 Å². The molecule has 0 saturated carbocycles. The average Bonchev–Trinajstić information content (AvgIpc) is 2.65. The third kappa shape index (κ3) is 4.84. The third-order valence-corrected chi connectivity index (χ3v) is 4.76. The van der Waals surface area contributed by atoms with Crippen LogP contribution in [0, 0.1) is 0 Å². The predicted molar refractivity (Wildman–Crippen MR) is 99.3 cm³/mol. The zero-order chi connectivity index (χ0) is 17.6. The Bertz CT molecular complexity index is 686. The van der Waals surface area contributed by atoms with Gasteiger partial charge in [0.1, 0.15) is 16.7 Å². The number of ether oxygens (including phenoxy) is 2. The van der Waals surface area contributed by atoms with Crippen molar-refractivity contribution in [2.45, 2.75) is 13.1 Å². The summed E-state index contributed by atoms with van der Waals surface area (Å²) in [6.07, 6.45) is 1.86. The third-order valence-electron chi connectivity index (χ3n) is 4.54. The second kappa shape index (κ2) is 8.52. The number of rotatable bonds is 6. The SMILES string of the molecule is COc1ccc(OC)c(CN2CCN(Cc3ccc(Cl)nc3)CC2)c1. The summed E-state index contributed by atoms with van der Waals surface area (Å²) in [4.78, 5) is 9.05. The average molecular weight is 362 g/mol. The van der Waals surface area contributed by atoms with E-state index in [1.807, 2.05) is 30.5 Å². The smallest absolute Gasteiger partial charge is 0.129 e. The van der Waals surface area contributed by atoms with Gasteiger partial charge in [-0.15, -0.1) is 0 Å². The van der Waals surface area contributed by atoms with Crippen molar-refractivity contribution in [3.05, 3.63) is 52.8 Å². The van der Waals surface area contributed by atoms with Crippen LogP contribution in [0.1, 0.15) is 11.1 Å². The number of aromatic nitrogens is 1. The van der Waals surface area contributed by atoms with Crippen LogP contribution in [0.2, 0.25) is 5.15 Å². The lowest BCUT2D eigenvalue weighted by Gasteiger charge is -2.35. The van der Waals surface area contributed by atoms with Crippen LogP contribution in [0.25, 0.3) is 0 Å². The molecule has 25 heavy (non-hydrogen) atoms. The molecule has 3 rings (SSSR count). The summed E-state index contributed by atoms with van der Waals surface area (Å²) in [7, 11) is 3.40. The maximum absolute atomic E-state index is 5.85. The van der Waals surface area contributed by atoms with Gasteiger partial charge in [-0.1, -0.05) is 17.7 Å². The standard InChI is InChI=1S/C19H24ClN3O2/c1-24-17-4-5-18(25-2)16(11-17)14-23-9-7-22(8-10-23)13-15-3-6-19(20)21-12-15/h3-6,11-12H,7-10,13-14H2,1-2H3. The largest absolute Gasteiger partial charge is 0.497 e. The van der Waals surface area contributed by atoms with Crippen molar-refractivity contribution >= 4 is 11.6 Å². The Kier molecular flexibility index (Phi) is 6.13. The number of benzene rings is 1. The first-order valence-corrected chi connectivity index (χ1v) is 8.82. The molecule has 2 heterocycles. The molecule has 0 N–H and O–H groups in total. The lowest BCUT2D eigenvalue weighted by molar-refractivity contribution is 0.121. The topological polar surface area (TPSA) is 37.8 Å². The fourth-order valence-electron chi connectivity index (χ4n) is 3.11. The van der Waals surface area contributed by atoms with E-state index in [4.69, 9.17) is 21.1 Å². The van der Waals surface area contributed by atoms with E-state index in [0.717, 1.165) is 56.3 Å². The monoisotopic (exact) mass is 361 g/mol. The van der Waals surface area contributed by atoms with Crippen LogP contribution in [-0.4, -0.2) is 55.2 Å². The van der Waals surface area contributed by atoms with Gasteiger partial charge in [-0.3, -0.25) is 9.80 Å². The molecule has 134 valence electrons. The molecule has 1 saturated heterocycles. The lowest BCUT2D eigenvalue weighted by atomic mass is 10.1. The molecular formula is C19H24ClN3O2. The Labute approximate surface area is 154 Å². The number of hydrogen-bond donors (Lipinski definition) is 0. The van der Waals surface area contributed by atoms with Crippen molar-refractivity contribution in [3.8, 4) is 11.5 Å². The first-order valence-electron chi connectivity index (χ1n) is 8.44. The van der Waals surface area contributed by atoms with Crippen molar-refractivity contribution in [2.24, 2.45) is 0 Å². The number of nitrogens with zero attached hydrogens (tertiary/aromatic N) is 3. The van der Waals surface area contributed by atoms with Gasteiger partial charge in [0.05, 0.1) is 14.2 Å². The van der Waals surface area contributed by atoms with E-state index in [2.05, 4.69) is 20.9 Å². The van der Waals surface area contributed by atoms with Crippen LogP contribution in [0.5, 0.6) is 11.5 Å².